The Labute approximate surface area is 124 Å². The first-order valence-corrected chi connectivity index (χ1v) is 7.27. The van der Waals surface area contributed by atoms with Crippen LogP contribution in [0.2, 0.25) is 0 Å². The summed E-state index contributed by atoms with van der Waals surface area (Å²) in [6.07, 6.45) is 2.25. The molecule has 0 N–H and O–H groups in total. The number of hydrogen-bond donors (Lipinski definition) is 0. The lowest BCUT2D eigenvalue weighted by atomic mass is 10.1. The number of methoxy groups -OCH3 is 1. The first kappa shape index (κ1) is 12.3. The van der Waals surface area contributed by atoms with Gasteiger partial charge in [0.05, 0.1) is 18.5 Å². The van der Waals surface area contributed by atoms with Crippen LogP contribution in [0, 0.1) is 6.92 Å². The highest BCUT2D eigenvalue weighted by atomic mass is 16.5. The lowest BCUT2D eigenvalue weighted by Gasteiger charge is -2.20. The van der Waals surface area contributed by atoms with Gasteiger partial charge in [0, 0.05) is 30.5 Å². The maximum absolute atomic E-state index is 5.23. The second-order valence-electron chi connectivity index (χ2n) is 5.55. The van der Waals surface area contributed by atoms with Crippen LogP contribution < -0.4 is 4.74 Å². The Morgan fingerprint density at radius 2 is 1.71 bits per heavy atom. The van der Waals surface area contributed by atoms with Crippen LogP contribution in [0.3, 0.4) is 0 Å². The van der Waals surface area contributed by atoms with Crippen molar-refractivity contribution in [3.8, 4) is 28.3 Å². The summed E-state index contributed by atoms with van der Waals surface area (Å²) in [4.78, 5) is 0. The molecule has 0 atom stereocenters. The van der Waals surface area contributed by atoms with Gasteiger partial charge in [-0.25, -0.2) is 0 Å². The molecule has 0 fully saturated rings. The summed E-state index contributed by atoms with van der Waals surface area (Å²) < 4.78 is 9.98. The highest BCUT2D eigenvalue weighted by Gasteiger charge is 2.18. The zero-order chi connectivity index (χ0) is 14.4. The molecular weight excluding hydrogens is 260 g/mol. The fourth-order valence-electron chi connectivity index (χ4n) is 3.15. The monoisotopic (exact) mass is 278 g/mol. The van der Waals surface area contributed by atoms with Gasteiger partial charge >= 0.3 is 0 Å². The number of fused-ring (bicyclic) bond motifs is 3. The molecular formula is C18H18N2O. The van der Waals surface area contributed by atoms with Crippen LogP contribution in [0.1, 0.15) is 5.69 Å². The molecule has 0 spiro atoms. The van der Waals surface area contributed by atoms with Crippen molar-refractivity contribution < 1.29 is 4.74 Å². The summed E-state index contributed by atoms with van der Waals surface area (Å²) in [6, 6.07) is 15.0. The van der Waals surface area contributed by atoms with E-state index in [0.29, 0.717) is 0 Å². The minimum absolute atomic E-state index is 0.896. The molecule has 3 aromatic rings. The average molecular weight is 278 g/mol. The lowest BCUT2D eigenvalue weighted by Crippen LogP contribution is -2.15. The predicted octanol–water partition coefficient (Wildman–Crippen LogP) is 3.95. The summed E-state index contributed by atoms with van der Waals surface area (Å²) in [5, 5.41) is 0. The highest BCUT2D eigenvalue weighted by Crippen LogP contribution is 2.33. The normalized spacial score (nSPS) is 12.9. The van der Waals surface area contributed by atoms with Gasteiger partial charge in [0.15, 0.2) is 0 Å². The Bertz CT molecular complexity index is 793. The molecule has 0 saturated carbocycles. The van der Waals surface area contributed by atoms with Gasteiger partial charge in [-0.3, -0.25) is 0 Å². The van der Waals surface area contributed by atoms with Gasteiger partial charge in [0.25, 0.3) is 0 Å². The molecule has 0 radical (unpaired) electrons. The van der Waals surface area contributed by atoms with Gasteiger partial charge in [-0.05, 0) is 42.8 Å². The van der Waals surface area contributed by atoms with E-state index in [9.17, 15) is 0 Å². The molecule has 4 rings (SSSR count). The molecule has 3 nitrogen and oxygen atoms in total. The van der Waals surface area contributed by atoms with Crippen LogP contribution in [0.25, 0.3) is 22.5 Å². The summed E-state index contributed by atoms with van der Waals surface area (Å²) >= 11 is 0. The SMILES string of the molecule is COc1ccc(-c2cc3n(c2)CCn2c(C)ccc2-3)cc1. The molecule has 1 aliphatic rings. The van der Waals surface area contributed by atoms with Crippen molar-refractivity contribution >= 4 is 0 Å². The summed E-state index contributed by atoms with van der Waals surface area (Å²) in [5.74, 6) is 0.896. The zero-order valence-electron chi connectivity index (χ0n) is 12.3. The third kappa shape index (κ3) is 1.88. The Morgan fingerprint density at radius 3 is 2.48 bits per heavy atom. The molecule has 3 heterocycles. The van der Waals surface area contributed by atoms with Crippen LogP contribution in [-0.2, 0) is 13.1 Å². The van der Waals surface area contributed by atoms with Crippen LogP contribution >= 0.6 is 0 Å². The van der Waals surface area contributed by atoms with Crippen LogP contribution in [0.4, 0.5) is 0 Å². The Kier molecular flexibility index (Phi) is 2.67. The van der Waals surface area contributed by atoms with E-state index in [1.807, 2.05) is 12.1 Å². The van der Waals surface area contributed by atoms with E-state index in [1.54, 1.807) is 7.11 Å². The van der Waals surface area contributed by atoms with Gasteiger partial charge in [-0.15, -0.1) is 0 Å². The second-order valence-corrected chi connectivity index (χ2v) is 5.55. The van der Waals surface area contributed by atoms with E-state index in [4.69, 9.17) is 4.74 Å². The summed E-state index contributed by atoms with van der Waals surface area (Å²) in [5.41, 5.74) is 6.45. The standard InChI is InChI=1S/C18H18N2O/c1-13-3-8-17-18-11-15(12-19(18)9-10-20(13)17)14-4-6-16(21-2)7-5-14/h3-8,11-12H,9-10H2,1-2H3. The number of aryl methyl sites for hydroxylation is 2. The third-order valence-electron chi connectivity index (χ3n) is 4.35. The number of nitrogens with zero attached hydrogens (tertiary/aromatic N) is 2. The molecule has 2 aromatic heterocycles. The van der Waals surface area contributed by atoms with Crippen LogP contribution in [0.15, 0.2) is 48.7 Å². The minimum atomic E-state index is 0.896. The number of benzene rings is 1. The average Bonchev–Trinajstić information content (AvgIpc) is 3.11. The third-order valence-corrected chi connectivity index (χ3v) is 4.35. The Morgan fingerprint density at radius 1 is 0.905 bits per heavy atom. The van der Waals surface area contributed by atoms with Crippen molar-refractivity contribution in [1.82, 2.24) is 9.13 Å². The van der Waals surface area contributed by atoms with Gasteiger partial charge in [0.2, 0.25) is 0 Å². The fourth-order valence-corrected chi connectivity index (χ4v) is 3.15. The first-order valence-electron chi connectivity index (χ1n) is 7.27. The van der Waals surface area contributed by atoms with Crippen LogP contribution in [-0.4, -0.2) is 16.2 Å². The quantitative estimate of drug-likeness (QED) is 0.694. The highest BCUT2D eigenvalue weighted by molar-refractivity contribution is 5.72. The molecule has 0 aliphatic carbocycles. The number of hydrogen-bond acceptors (Lipinski definition) is 1. The van der Waals surface area contributed by atoms with E-state index in [-0.39, 0.29) is 0 Å². The molecule has 0 unspecified atom stereocenters. The van der Waals surface area contributed by atoms with Crippen molar-refractivity contribution in [2.75, 3.05) is 7.11 Å². The molecule has 1 aromatic carbocycles. The zero-order valence-corrected chi connectivity index (χ0v) is 12.3. The van der Waals surface area contributed by atoms with Crippen molar-refractivity contribution in [1.29, 1.82) is 0 Å². The summed E-state index contributed by atoms with van der Waals surface area (Å²) in [7, 11) is 1.70. The van der Waals surface area contributed by atoms with Crippen molar-refractivity contribution in [3.63, 3.8) is 0 Å². The van der Waals surface area contributed by atoms with Crippen LogP contribution in [0.5, 0.6) is 5.75 Å². The maximum Gasteiger partial charge on any atom is 0.118 e. The fraction of sp³-hybridized carbons (Fsp3) is 0.222. The molecule has 0 saturated heterocycles. The molecule has 21 heavy (non-hydrogen) atoms. The van der Waals surface area contributed by atoms with Gasteiger partial charge in [-0.1, -0.05) is 12.1 Å². The van der Waals surface area contributed by atoms with Crippen molar-refractivity contribution in [2.24, 2.45) is 0 Å². The Balaban J connectivity index is 1.78. The van der Waals surface area contributed by atoms with Gasteiger partial charge in [-0.2, -0.15) is 0 Å². The molecule has 0 amide bonds. The van der Waals surface area contributed by atoms with E-state index in [0.717, 1.165) is 18.8 Å². The van der Waals surface area contributed by atoms with E-state index < -0.39 is 0 Å². The maximum atomic E-state index is 5.23. The molecule has 3 heteroatoms. The van der Waals surface area contributed by atoms with Crippen molar-refractivity contribution in [3.05, 3.63) is 54.4 Å². The van der Waals surface area contributed by atoms with Gasteiger partial charge in [0.1, 0.15) is 5.75 Å². The largest absolute Gasteiger partial charge is 0.497 e. The van der Waals surface area contributed by atoms with Gasteiger partial charge < -0.3 is 13.9 Å². The van der Waals surface area contributed by atoms with E-state index in [2.05, 4.69) is 52.6 Å². The lowest BCUT2D eigenvalue weighted by molar-refractivity contribution is 0.415. The smallest absolute Gasteiger partial charge is 0.118 e. The van der Waals surface area contributed by atoms with E-state index in [1.165, 1.54) is 28.2 Å². The number of aromatic nitrogens is 2. The molecule has 1 aliphatic heterocycles. The minimum Gasteiger partial charge on any atom is -0.497 e. The number of ether oxygens (including phenoxy) is 1. The van der Waals surface area contributed by atoms with E-state index >= 15 is 0 Å². The summed E-state index contributed by atoms with van der Waals surface area (Å²) in [6.45, 7) is 4.26. The molecule has 106 valence electrons. The van der Waals surface area contributed by atoms with Crippen molar-refractivity contribution in [2.45, 2.75) is 20.0 Å². The first-order chi connectivity index (χ1) is 10.3. The number of rotatable bonds is 2. The predicted molar refractivity (Wildman–Crippen MR) is 84.6 cm³/mol. The Hall–Kier alpha value is -2.42. The second kappa shape index (κ2) is 4.55. The molecule has 0 bridgehead atoms. The topological polar surface area (TPSA) is 19.1 Å².